The highest BCUT2D eigenvalue weighted by Gasteiger charge is 2.56. The minimum Gasteiger partial charge on any atom is -0.480 e. The molecule has 0 aliphatic heterocycles. The minimum atomic E-state index is -1.19. The van der Waals surface area contributed by atoms with E-state index in [-0.39, 0.29) is 0 Å². The standard InChI is InChI=1S/C14H14N4O3/c19-12(14(5-6-14)13(20)21)16-7-10-1-3-11(4-2-10)18-9-15-8-17-18/h1-4,8-9H,5-7H2,(H,16,19)(H,20,21). The molecule has 1 heterocycles. The van der Waals surface area contributed by atoms with Crippen LogP contribution < -0.4 is 5.32 Å². The highest BCUT2D eigenvalue weighted by Crippen LogP contribution is 2.46. The van der Waals surface area contributed by atoms with Crippen molar-refractivity contribution in [2.24, 2.45) is 5.41 Å². The molecule has 2 N–H and O–H groups in total. The van der Waals surface area contributed by atoms with E-state index in [9.17, 15) is 9.59 Å². The summed E-state index contributed by atoms with van der Waals surface area (Å²) < 4.78 is 1.63. The molecule has 108 valence electrons. The van der Waals surface area contributed by atoms with Crippen molar-refractivity contribution in [3.63, 3.8) is 0 Å². The van der Waals surface area contributed by atoms with Gasteiger partial charge in [-0.25, -0.2) is 9.67 Å². The molecule has 1 aromatic heterocycles. The van der Waals surface area contributed by atoms with E-state index in [1.54, 1.807) is 11.0 Å². The Balaban J connectivity index is 1.61. The van der Waals surface area contributed by atoms with Crippen LogP contribution in [0.15, 0.2) is 36.9 Å². The second-order valence-electron chi connectivity index (χ2n) is 5.08. The second-order valence-corrected chi connectivity index (χ2v) is 5.08. The number of hydrogen-bond donors (Lipinski definition) is 2. The molecule has 7 nitrogen and oxygen atoms in total. The number of nitrogens with one attached hydrogen (secondary N) is 1. The third kappa shape index (κ3) is 2.49. The van der Waals surface area contributed by atoms with Gasteiger partial charge in [-0.3, -0.25) is 9.59 Å². The number of aliphatic carboxylic acids is 1. The first-order valence-electron chi connectivity index (χ1n) is 6.57. The zero-order chi connectivity index (χ0) is 14.9. The average molecular weight is 286 g/mol. The summed E-state index contributed by atoms with van der Waals surface area (Å²) in [6.45, 7) is 0.311. The first-order valence-corrected chi connectivity index (χ1v) is 6.57. The first kappa shape index (κ1) is 13.3. The van der Waals surface area contributed by atoms with Gasteiger partial charge in [0.15, 0.2) is 0 Å². The summed E-state index contributed by atoms with van der Waals surface area (Å²) in [4.78, 5) is 26.8. The van der Waals surface area contributed by atoms with Crippen molar-refractivity contribution >= 4 is 11.9 Å². The second kappa shape index (κ2) is 5.01. The zero-order valence-corrected chi connectivity index (χ0v) is 11.2. The van der Waals surface area contributed by atoms with E-state index in [1.165, 1.54) is 6.33 Å². The van der Waals surface area contributed by atoms with Crippen LogP contribution in [-0.4, -0.2) is 31.7 Å². The van der Waals surface area contributed by atoms with Gasteiger partial charge >= 0.3 is 5.97 Å². The van der Waals surface area contributed by atoms with E-state index in [0.717, 1.165) is 11.3 Å². The van der Waals surface area contributed by atoms with Crippen LogP contribution in [0.1, 0.15) is 18.4 Å². The number of nitrogens with zero attached hydrogens (tertiary/aromatic N) is 3. The Morgan fingerprint density at radius 2 is 2.00 bits per heavy atom. The quantitative estimate of drug-likeness (QED) is 0.790. The van der Waals surface area contributed by atoms with Crippen LogP contribution >= 0.6 is 0 Å². The van der Waals surface area contributed by atoms with Gasteiger partial charge in [-0.15, -0.1) is 0 Å². The highest BCUT2D eigenvalue weighted by atomic mass is 16.4. The fraction of sp³-hybridized carbons (Fsp3) is 0.286. The third-order valence-electron chi connectivity index (χ3n) is 3.67. The number of carboxylic acids is 1. The summed E-state index contributed by atoms with van der Waals surface area (Å²) in [5, 5.41) is 15.7. The summed E-state index contributed by atoms with van der Waals surface area (Å²) in [7, 11) is 0. The molecule has 2 aromatic rings. The molecule has 7 heteroatoms. The van der Waals surface area contributed by atoms with Crippen molar-refractivity contribution in [1.82, 2.24) is 20.1 Å². The molecule has 0 unspecified atom stereocenters. The van der Waals surface area contributed by atoms with Gasteiger partial charge in [0, 0.05) is 6.54 Å². The topological polar surface area (TPSA) is 97.1 Å². The highest BCUT2D eigenvalue weighted by molar-refractivity contribution is 6.04. The lowest BCUT2D eigenvalue weighted by atomic mass is 10.1. The van der Waals surface area contributed by atoms with Crippen LogP contribution in [-0.2, 0) is 16.1 Å². The molecule has 0 spiro atoms. The van der Waals surface area contributed by atoms with Crippen molar-refractivity contribution in [3.8, 4) is 5.69 Å². The van der Waals surface area contributed by atoms with Gasteiger partial charge in [0.2, 0.25) is 5.91 Å². The van der Waals surface area contributed by atoms with Gasteiger partial charge in [-0.1, -0.05) is 12.1 Å². The molecule has 1 aliphatic carbocycles. The lowest BCUT2D eigenvalue weighted by Crippen LogP contribution is -2.36. The van der Waals surface area contributed by atoms with Crippen molar-refractivity contribution in [2.45, 2.75) is 19.4 Å². The Kier molecular flexibility index (Phi) is 3.17. The molecule has 3 rings (SSSR count). The lowest BCUT2D eigenvalue weighted by molar-refractivity contribution is -0.149. The molecule has 0 radical (unpaired) electrons. The Morgan fingerprint density at radius 1 is 1.29 bits per heavy atom. The summed E-state index contributed by atoms with van der Waals surface area (Å²) in [5.41, 5.74) is 0.570. The van der Waals surface area contributed by atoms with E-state index < -0.39 is 17.3 Å². The third-order valence-corrected chi connectivity index (χ3v) is 3.67. The average Bonchev–Trinajstić information content (AvgIpc) is 3.14. The fourth-order valence-corrected chi connectivity index (χ4v) is 2.12. The summed E-state index contributed by atoms with van der Waals surface area (Å²) in [5.74, 6) is -1.45. The van der Waals surface area contributed by atoms with E-state index in [4.69, 9.17) is 5.11 Å². The molecule has 0 atom stereocenters. The van der Waals surface area contributed by atoms with Gasteiger partial charge in [-0.2, -0.15) is 5.10 Å². The van der Waals surface area contributed by atoms with Crippen LogP contribution in [0.4, 0.5) is 0 Å². The Hall–Kier alpha value is -2.70. The van der Waals surface area contributed by atoms with Crippen molar-refractivity contribution in [2.75, 3.05) is 0 Å². The van der Waals surface area contributed by atoms with Crippen LogP contribution in [0.25, 0.3) is 5.69 Å². The monoisotopic (exact) mass is 286 g/mol. The van der Waals surface area contributed by atoms with Crippen molar-refractivity contribution in [1.29, 1.82) is 0 Å². The van der Waals surface area contributed by atoms with Gasteiger partial charge in [-0.05, 0) is 30.5 Å². The Labute approximate surface area is 120 Å². The number of aromatic nitrogens is 3. The number of carboxylic acid groups (broad SMARTS) is 1. The fourth-order valence-electron chi connectivity index (χ4n) is 2.12. The molecule has 1 aliphatic rings. The summed E-state index contributed by atoms with van der Waals surface area (Å²) in [6, 6.07) is 7.44. The number of benzene rings is 1. The van der Waals surface area contributed by atoms with E-state index >= 15 is 0 Å². The maximum absolute atomic E-state index is 11.9. The number of carbonyl (C=O) groups is 2. The lowest BCUT2D eigenvalue weighted by Gasteiger charge is -2.11. The molecule has 0 saturated heterocycles. The molecule has 1 amide bonds. The van der Waals surface area contributed by atoms with E-state index in [2.05, 4.69) is 15.4 Å². The number of rotatable bonds is 5. The minimum absolute atomic E-state index is 0.311. The number of hydrogen-bond acceptors (Lipinski definition) is 4. The number of carbonyl (C=O) groups excluding carboxylic acids is 1. The van der Waals surface area contributed by atoms with Crippen LogP contribution in [0.5, 0.6) is 0 Å². The molecular formula is C14H14N4O3. The molecule has 1 saturated carbocycles. The molecule has 1 fully saturated rings. The van der Waals surface area contributed by atoms with Crippen LogP contribution in [0.2, 0.25) is 0 Å². The summed E-state index contributed by atoms with van der Waals surface area (Å²) >= 11 is 0. The van der Waals surface area contributed by atoms with Crippen molar-refractivity contribution < 1.29 is 14.7 Å². The Bertz CT molecular complexity index is 660. The molecule has 1 aromatic carbocycles. The van der Waals surface area contributed by atoms with Crippen molar-refractivity contribution in [3.05, 3.63) is 42.5 Å². The predicted molar refractivity (Wildman–Crippen MR) is 72.5 cm³/mol. The number of amides is 1. The first-order chi connectivity index (χ1) is 10.1. The molecule has 21 heavy (non-hydrogen) atoms. The normalized spacial score (nSPS) is 15.4. The van der Waals surface area contributed by atoms with Crippen LogP contribution in [0, 0.1) is 5.41 Å². The largest absolute Gasteiger partial charge is 0.480 e. The Morgan fingerprint density at radius 3 is 2.52 bits per heavy atom. The maximum atomic E-state index is 11.9. The predicted octanol–water partition coefficient (Wildman–Crippen LogP) is 0.748. The molecular weight excluding hydrogens is 272 g/mol. The molecule has 0 bridgehead atoms. The zero-order valence-electron chi connectivity index (χ0n) is 11.2. The van der Waals surface area contributed by atoms with Gasteiger partial charge < -0.3 is 10.4 Å². The smallest absolute Gasteiger partial charge is 0.319 e. The van der Waals surface area contributed by atoms with Gasteiger partial charge in [0.05, 0.1) is 5.69 Å². The van der Waals surface area contributed by atoms with Crippen LogP contribution in [0.3, 0.4) is 0 Å². The maximum Gasteiger partial charge on any atom is 0.319 e. The van der Waals surface area contributed by atoms with E-state index in [1.807, 2.05) is 24.3 Å². The summed E-state index contributed by atoms with van der Waals surface area (Å²) in [6.07, 6.45) is 3.88. The SMILES string of the molecule is O=C(O)C1(C(=O)NCc2ccc(-n3cncn3)cc2)CC1. The van der Waals surface area contributed by atoms with Gasteiger partial charge in [0.25, 0.3) is 0 Å². The van der Waals surface area contributed by atoms with Gasteiger partial charge in [0.1, 0.15) is 18.1 Å². The van der Waals surface area contributed by atoms with E-state index in [0.29, 0.717) is 19.4 Å².